The molecule has 1 aliphatic rings. The second-order valence-corrected chi connectivity index (χ2v) is 8.52. The van der Waals surface area contributed by atoms with Gasteiger partial charge in [0.2, 0.25) is 5.91 Å². The van der Waals surface area contributed by atoms with Crippen LogP contribution in [-0.2, 0) is 22.6 Å². The zero-order chi connectivity index (χ0) is 24.1. The molecule has 0 unspecified atom stereocenters. The first-order valence-electron chi connectivity index (χ1n) is 11.3. The maximum atomic E-state index is 13.8. The fraction of sp³-hybridized carbons (Fsp3) is 0.346. The van der Waals surface area contributed by atoms with Gasteiger partial charge in [-0.05, 0) is 25.5 Å². The van der Waals surface area contributed by atoms with Crippen LogP contribution in [0.4, 0.5) is 0 Å². The summed E-state index contributed by atoms with van der Waals surface area (Å²) in [5, 5.41) is 7.66. The fourth-order valence-corrected chi connectivity index (χ4v) is 4.25. The predicted molar refractivity (Wildman–Crippen MR) is 128 cm³/mol. The zero-order valence-electron chi connectivity index (χ0n) is 19.8. The molecule has 2 aromatic carbocycles. The molecule has 8 heteroatoms. The molecule has 0 spiro atoms. The van der Waals surface area contributed by atoms with Crippen LogP contribution < -0.4 is 10.1 Å². The number of aromatic nitrogens is 2. The van der Waals surface area contributed by atoms with Gasteiger partial charge in [0.05, 0.1) is 25.9 Å². The van der Waals surface area contributed by atoms with E-state index in [2.05, 4.69) is 10.4 Å². The van der Waals surface area contributed by atoms with Gasteiger partial charge in [0.25, 0.3) is 5.91 Å². The van der Waals surface area contributed by atoms with E-state index in [-0.39, 0.29) is 24.9 Å². The van der Waals surface area contributed by atoms with Gasteiger partial charge in [-0.15, -0.1) is 0 Å². The van der Waals surface area contributed by atoms with E-state index >= 15 is 0 Å². The second-order valence-electron chi connectivity index (χ2n) is 8.52. The number of nitrogens with one attached hydrogen (secondary N) is 1. The molecule has 0 aliphatic carbocycles. The number of para-hydroxylation sites is 1. The molecule has 0 fully saturated rings. The van der Waals surface area contributed by atoms with Gasteiger partial charge in [0.15, 0.2) is 0 Å². The fourth-order valence-electron chi connectivity index (χ4n) is 4.25. The van der Waals surface area contributed by atoms with Gasteiger partial charge in [-0.1, -0.05) is 48.5 Å². The summed E-state index contributed by atoms with van der Waals surface area (Å²) in [6.45, 7) is 3.27. The monoisotopic (exact) mass is 462 g/mol. The van der Waals surface area contributed by atoms with Crippen LogP contribution in [0.1, 0.15) is 29.4 Å². The average molecular weight is 463 g/mol. The molecule has 2 heterocycles. The molecule has 1 aromatic heterocycles. The summed E-state index contributed by atoms with van der Waals surface area (Å²) in [7, 11) is 3.22. The van der Waals surface area contributed by atoms with E-state index in [0.29, 0.717) is 36.7 Å². The number of hydrogen-bond acceptors (Lipinski definition) is 5. The van der Waals surface area contributed by atoms with Crippen LogP contribution in [-0.4, -0.2) is 59.4 Å². The van der Waals surface area contributed by atoms with Crippen molar-refractivity contribution in [1.82, 2.24) is 20.0 Å². The minimum Gasteiger partial charge on any atom is -0.496 e. The summed E-state index contributed by atoms with van der Waals surface area (Å²) in [5.41, 5.74) is 1.76. The van der Waals surface area contributed by atoms with E-state index in [9.17, 15) is 9.59 Å². The third kappa shape index (κ3) is 4.54. The van der Waals surface area contributed by atoms with Gasteiger partial charge in [-0.25, -0.2) is 0 Å². The maximum absolute atomic E-state index is 13.8. The molecule has 0 radical (unpaired) electrons. The number of amides is 2. The number of rotatable bonds is 9. The van der Waals surface area contributed by atoms with Crippen molar-refractivity contribution >= 4 is 11.8 Å². The van der Waals surface area contributed by atoms with Gasteiger partial charge in [-0.2, -0.15) is 5.10 Å². The molecule has 4 rings (SSSR count). The lowest BCUT2D eigenvalue weighted by molar-refractivity contribution is -0.133. The van der Waals surface area contributed by atoms with Crippen LogP contribution in [0.5, 0.6) is 5.75 Å². The zero-order valence-corrected chi connectivity index (χ0v) is 19.8. The molecule has 2 amide bonds. The molecular formula is C26H30N4O4. The number of methoxy groups -OCH3 is 2. The van der Waals surface area contributed by atoms with Crippen molar-refractivity contribution in [3.05, 3.63) is 71.9 Å². The van der Waals surface area contributed by atoms with Crippen molar-refractivity contribution in [2.45, 2.75) is 32.0 Å². The average Bonchev–Trinajstić information content (AvgIpc) is 3.29. The van der Waals surface area contributed by atoms with E-state index in [1.54, 1.807) is 36.8 Å². The van der Waals surface area contributed by atoms with E-state index < -0.39 is 5.54 Å². The first-order valence-corrected chi connectivity index (χ1v) is 11.3. The minimum absolute atomic E-state index is 0.228. The number of ether oxygens (including phenoxy) is 2. The second kappa shape index (κ2) is 10.1. The third-order valence-electron chi connectivity index (χ3n) is 6.19. The Hall–Kier alpha value is -3.65. The lowest BCUT2D eigenvalue weighted by Gasteiger charge is -2.43. The highest BCUT2D eigenvalue weighted by atomic mass is 16.5. The summed E-state index contributed by atoms with van der Waals surface area (Å²) < 4.78 is 12.2. The standard InChI is InChI=1S/C26H30N4O4/c1-26(25(32)27-14-9-15-33-2)18-30-22(16-21(28-30)19-10-5-4-6-11-19)24(31)29(26)17-20-12-7-8-13-23(20)34-3/h4-8,10-13,16H,9,14-15,17-18H2,1-3H3,(H,27,32)/t26-/m1/s1. The molecular weight excluding hydrogens is 432 g/mol. The molecule has 0 saturated carbocycles. The largest absolute Gasteiger partial charge is 0.496 e. The number of carbonyl (C=O) groups is 2. The number of fused-ring (bicyclic) bond motifs is 1. The molecule has 3 aromatic rings. The van der Waals surface area contributed by atoms with Crippen LogP contribution in [0.2, 0.25) is 0 Å². The Kier molecular flexibility index (Phi) is 6.98. The van der Waals surface area contributed by atoms with Crippen LogP contribution in [0.15, 0.2) is 60.7 Å². The van der Waals surface area contributed by atoms with Crippen molar-refractivity contribution in [1.29, 1.82) is 0 Å². The van der Waals surface area contributed by atoms with E-state index in [1.165, 1.54) is 0 Å². The molecule has 0 bridgehead atoms. The number of carbonyl (C=O) groups excluding carboxylic acids is 2. The molecule has 34 heavy (non-hydrogen) atoms. The molecule has 1 N–H and O–H groups in total. The van der Waals surface area contributed by atoms with Gasteiger partial charge in [0.1, 0.15) is 17.0 Å². The van der Waals surface area contributed by atoms with Crippen molar-refractivity contribution in [2.75, 3.05) is 27.4 Å². The van der Waals surface area contributed by atoms with Gasteiger partial charge in [0, 0.05) is 31.4 Å². The van der Waals surface area contributed by atoms with E-state index in [0.717, 1.165) is 11.1 Å². The molecule has 1 atom stereocenters. The van der Waals surface area contributed by atoms with Gasteiger partial charge >= 0.3 is 0 Å². The molecule has 1 aliphatic heterocycles. The molecule has 8 nitrogen and oxygen atoms in total. The Bertz CT molecular complexity index is 1160. The Morgan fingerprint density at radius 1 is 1.12 bits per heavy atom. The molecule has 0 saturated heterocycles. The SMILES string of the molecule is COCCCNC(=O)[C@@]1(C)Cn2nc(-c3ccccc3)cc2C(=O)N1Cc1ccccc1OC. The highest BCUT2D eigenvalue weighted by Gasteiger charge is 2.48. The van der Waals surface area contributed by atoms with Crippen molar-refractivity contribution in [2.24, 2.45) is 0 Å². The van der Waals surface area contributed by atoms with Gasteiger partial charge in [-0.3, -0.25) is 14.3 Å². The van der Waals surface area contributed by atoms with Crippen LogP contribution in [0.3, 0.4) is 0 Å². The van der Waals surface area contributed by atoms with Crippen LogP contribution in [0, 0.1) is 0 Å². The van der Waals surface area contributed by atoms with Crippen LogP contribution in [0.25, 0.3) is 11.3 Å². The van der Waals surface area contributed by atoms with Gasteiger partial charge < -0.3 is 19.7 Å². The summed E-state index contributed by atoms with van der Waals surface area (Å²) in [6, 6.07) is 19.0. The Morgan fingerprint density at radius 2 is 1.85 bits per heavy atom. The van der Waals surface area contributed by atoms with Crippen molar-refractivity contribution in [3.8, 4) is 17.0 Å². The minimum atomic E-state index is -1.14. The first kappa shape index (κ1) is 23.5. The Morgan fingerprint density at radius 3 is 2.59 bits per heavy atom. The lowest BCUT2D eigenvalue weighted by Crippen LogP contribution is -2.63. The maximum Gasteiger partial charge on any atom is 0.273 e. The summed E-state index contributed by atoms with van der Waals surface area (Å²) in [5.74, 6) is 0.192. The normalized spacial score (nSPS) is 17.4. The molecule has 178 valence electrons. The highest BCUT2D eigenvalue weighted by Crippen LogP contribution is 2.33. The first-order chi connectivity index (χ1) is 16.5. The summed E-state index contributed by atoms with van der Waals surface area (Å²) in [6.07, 6.45) is 0.684. The predicted octanol–water partition coefficient (Wildman–Crippen LogP) is 3.13. The van der Waals surface area contributed by atoms with Crippen molar-refractivity contribution in [3.63, 3.8) is 0 Å². The Labute approximate surface area is 199 Å². The third-order valence-corrected chi connectivity index (χ3v) is 6.19. The number of nitrogens with zero attached hydrogens (tertiary/aromatic N) is 3. The van der Waals surface area contributed by atoms with E-state index in [1.807, 2.05) is 54.6 Å². The summed E-state index contributed by atoms with van der Waals surface area (Å²) in [4.78, 5) is 28.9. The summed E-state index contributed by atoms with van der Waals surface area (Å²) >= 11 is 0. The lowest BCUT2D eigenvalue weighted by atomic mass is 9.94. The van der Waals surface area contributed by atoms with Crippen LogP contribution >= 0.6 is 0 Å². The topological polar surface area (TPSA) is 85.7 Å². The van der Waals surface area contributed by atoms with E-state index in [4.69, 9.17) is 9.47 Å². The Balaban J connectivity index is 1.71. The number of hydrogen-bond donors (Lipinski definition) is 1. The number of benzene rings is 2. The quantitative estimate of drug-likeness (QED) is 0.494. The smallest absolute Gasteiger partial charge is 0.273 e. The van der Waals surface area contributed by atoms with Crippen molar-refractivity contribution < 1.29 is 19.1 Å². The highest BCUT2D eigenvalue weighted by molar-refractivity contribution is 6.00.